The van der Waals surface area contributed by atoms with Gasteiger partial charge in [-0.25, -0.2) is 0 Å². The number of ether oxygens (including phenoxy) is 1. The van der Waals surface area contributed by atoms with E-state index in [9.17, 15) is 4.39 Å². The molecule has 0 aliphatic heterocycles. The number of methoxy groups -OCH3 is 1. The first-order chi connectivity index (χ1) is 6.86. The van der Waals surface area contributed by atoms with Crippen LogP contribution in [0.1, 0.15) is 12.0 Å². The van der Waals surface area contributed by atoms with Crippen LogP contribution in [0.3, 0.4) is 0 Å². The molecule has 0 fully saturated rings. The average molecular weight is 197 g/mol. The largest absolute Gasteiger partial charge is 0.385 e. The van der Waals surface area contributed by atoms with E-state index in [4.69, 9.17) is 4.74 Å². The molecule has 0 heterocycles. The summed E-state index contributed by atoms with van der Waals surface area (Å²) >= 11 is 0. The number of hydrogen-bond acceptors (Lipinski definition) is 2. The monoisotopic (exact) mass is 197 g/mol. The van der Waals surface area contributed by atoms with Crippen molar-refractivity contribution in [3.05, 3.63) is 29.8 Å². The Hall–Kier alpha value is -1.09. The molecule has 14 heavy (non-hydrogen) atoms. The van der Waals surface area contributed by atoms with Crippen molar-refractivity contribution in [3.63, 3.8) is 0 Å². The first-order valence-corrected chi connectivity index (χ1v) is 4.74. The Morgan fingerprint density at radius 2 is 2.29 bits per heavy atom. The second-order valence-corrected chi connectivity index (χ2v) is 3.10. The van der Waals surface area contributed by atoms with Gasteiger partial charge < -0.3 is 10.1 Å². The Bertz CT molecular complexity index is 265. The van der Waals surface area contributed by atoms with Crippen molar-refractivity contribution in [2.75, 3.05) is 25.6 Å². The average Bonchev–Trinajstić information content (AvgIpc) is 2.19. The maximum Gasteiger partial charge on any atom is 0.0911 e. The Labute approximate surface area is 84.1 Å². The third kappa shape index (κ3) is 3.75. The molecular weight excluding hydrogens is 181 g/mol. The van der Waals surface area contributed by atoms with Crippen LogP contribution in [0.15, 0.2) is 24.3 Å². The van der Waals surface area contributed by atoms with Crippen molar-refractivity contribution in [2.24, 2.45) is 0 Å². The predicted octanol–water partition coefficient (Wildman–Crippen LogP) is 2.60. The lowest BCUT2D eigenvalue weighted by molar-refractivity contribution is 0.185. The molecule has 2 nitrogen and oxygen atoms in total. The number of benzene rings is 1. The molecule has 0 amide bonds. The van der Waals surface area contributed by atoms with Crippen molar-refractivity contribution in [1.29, 1.82) is 0 Å². The number of alkyl halides is 1. The molecule has 78 valence electrons. The highest BCUT2D eigenvalue weighted by molar-refractivity contribution is 5.45. The maximum atomic E-state index is 11.8. The molecule has 1 aromatic carbocycles. The Morgan fingerprint density at radius 1 is 1.43 bits per heavy atom. The summed E-state index contributed by atoms with van der Waals surface area (Å²) < 4.78 is 16.9. The Kier molecular flexibility index (Phi) is 5.00. The molecular formula is C11H16FNO. The zero-order valence-corrected chi connectivity index (χ0v) is 8.42. The molecule has 0 saturated heterocycles. The second-order valence-electron chi connectivity index (χ2n) is 3.10. The standard InChI is InChI=1S/C11H16FNO/c1-14-9-10-4-2-5-11(8-10)13-7-3-6-12/h2,4-5,8,13H,3,6-7,9H2,1H3. The van der Waals surface area contributed by atoms with Crippen LogP contribution >= 0.6 is 0 Å². The van der Waals surface area contributed by atoms with Crippen molar-refractivity contribution in [3.8, 4) is 0 Å². The lowest BCUT2D eigenvalue weighted by atomic mass is 10.2. The highest BCUT2D eigenvalue weighted by atomic mass is 19.1. The number of hydrogen-bond donors (Lipinski definition) is 1. The van der Waals surface area contributed by atoms with Gasteiger partial charge in [-0.15, -0.1) is 0 Å². The molecule has 1 N–H and O–H groups in total. The summed E-state index contributed by atoms with van der Waals surface area (Å²) in [6, 6.07) is 7.95. The molecule has 0 aliphatic rings. The quantitative estimate of drug-likeness (QED) is 0.708. The molecule has 0 unspecified atom stereocenters. The molecule has 3 heteroatoms. The summed E-state index contributed by atoms with van der Waals surface area (Å²) in [4.78, 5) is 0. The zero-order chi connectivity index (χ0) is 10.2. The van der Waals surface area contributed by atoms with Crippen molar-refractivity contribution >= 4 is 5.69 Å². The number of rotatable bonds is 6. The fraction of sp³-hybridized carbons (Fsp3) is 0.455. The molecule has 1 rings (SSSR count). The van der Waals surface area contributed by atoms with E-state index >= 15 is 0 Å². The summed E-state index contributed by atoms with van der Waals surface area (Å²) in [7, 11) is 1.67. The van der Waals surface area contributed by atoms with Crippen LogP contribution in [0, 0.1) is 0 Å². The fourth-order valence-corrected chi connectivity index (χ4v) is 1.24. The van der Waals surface area contributed by atoms with Gasteiger partial charge in [0.15, 0.2) is 0 Å². The molecule has 1 aromatic rings. The van der Waals surface area contributed by atoms with Crippen molar-refractivity contribution in [1.82, 2.24) is 0 Å². The summed E-state index contributed by atoms with van der Waals surface area (Å²) in [5.74, 6) is 0. The zero-order valence-electron chi connectivity index (χ0n) is 8.42. The fourth-order valence-electron chi connectivity index (χ4n) is 1.24. The minimum atomic E-state index is -0.273. The van der Waals surface area contributed by atoms with Crippen LogP contribution in [0.25, 0.3) is 0 Å². The highest BCUT2D eigenvalue weighted by Crippen LogP contribution is 2.11. The first kappa shape index (κ1) is 11.0. The highest BCUT2D eigenvalue weighted by Gasteiger charge is 1.94. The number of halogens is 1. The van der Waals surface area contributed by atoms with E-state index in [2.05, 4.69) is 5.32 Å². The van der Waals surface area contributed by atoms with Gasteiger partial charge in [-0.05, 0) is 24.1 Å². The summed E-state index contributed by atoms with van der Waals surface area (Å²) in [6.07, 6.45) is 0.550. The van der Waals surface area contributed by atoms with Gasteiger partial charge in [0.05, 0.1) is 13.3 Å². The molecule has 0 saturated carbocycles. The summed E-state index contributed by atoms with van der Waals surface area (Å²) in [5, 5.41) is 3.15. The minimum Gasteiger partial charge on any atom is -0.385 e. The van der Waals surface area contributed by atoms with E-state index in [0.717, 1.165) is 11.3 Å². The number of anilines is 1. The van der Waals surface area contributed by atoms with Crippen LogP contribution in [-0.2, 0) is 11.3 Å². The lowest BCUT2D eigenvalue weighted by Crippen LogP contribution is -2.02. The van der Waals surface area contributed by atoms with Crippen LogP contribution in [0.5, 0.6) is 0 Å². The molecule has 0 atom stereocenters. The second kappa shape index (κ2) is 6.38. The van der Waals surface area contributed by atoms with Crippen molar-refractivity contribution in [2.45, 2.75) is 13.0 Å². The van der Waals surface area contributed by atoms with Gasteiger partial charge in [-0.1, -0.05) is 12.1 Å². The SMILES string of the molecule is COCc1cccc(NCCCF)c1. The minimum absolute atomic E-state index is 0.273. The van der Waals surface area contributed by atoms with Crippen LogP contribution < -0.4 is 5.32 Å². The molecule has 0 spiro atoms. The molecule has 0 radical (unpaired) electrons. The van der Waals surface area contributed by atoms with Gasteiger partial charge in [0.25, 0.3) is 0 Å². The smallest absolute Gasteiger partial charge is 0.0911 e. The Morgan fingerprint density at radius 3 is 3.00 bits per heavy atom. The van der Waals surface area contributed by atoms with Gasteiger partial charge in [0, 0.05) is 19.3 Å². The predicted molar refractivity (Wildman–Crippen MR) is 56.2 cm³/mol. The van der Waals surface area contributed by atoms with Gasteiger partial charge in [-0.3, -0.25) is 4.39 Å². The lowest BCUT2D eigenvalue weighted by Gasteiger charge is -2.06. The van der Waals surface area contributed by atoms with E-state index in [0.29, 0.717) is 19.6 Å². The normalized spacial score (nSPS) is 10.1. The van der Waals surface area contributed by atoms with Crippen LogP contribution in [-0.4, -0.2) is 20.3 Å². The van der Waals surface area contributed by atoms with Crippen LogP contribution in [0.2, 0.25) is 0 Å². The molecule has 0 aliphatic carbocycles. The van der Waals surface area contributed by atoms with E-state index in [1.54, 1.807) is 7.11 Å². The molecule has 0 bridgehead atoms. The summed E-state index contributed by atoms with van der Waals surface area (Å²) in [5.41, 5.74) is 2.14. The van der Waals surface area contributed by atoms with E-state index in [1.807, 2.05) is 24.3 Å². The van der Waals surface area contributed by atoms with Gasteiger partial charge in [0.2, 0.25) is 0 Å². The van der Waals surface area contributed by atoms with E-state index < -0.39 is 0 Å². The van der Waals surface area contributed by atoms with E-state index in [1.165, 1.54) is 0 Å². The summed E-state index contributed by atoms with van der Waals surface area (Å²) in [6.45, 7) is 1.01. The van der Waals surface area contributed by atoms with E-state index in [-0.39, 0.29) is 6.67 Å². The number of nitrogens with one attached hydrogen (secondary N) is 1. The van der Waals surface area contributed by atoms with Gasteiger partial charge in [0.1, 0.15) is 0 Å². The van der Waals surface area contributed by atoms with Crippen LogP contribution in [0.4, 0.5) is 10.1 Å². The molecule has 0 aromatic heterocycles. The third-order valence-corrected chi connectivity index (χ3v) is 1.88. The topological polar surface area (TPSA) is 21.3 Å². The van der Waals surface area contributed by atoms with Crippen molar-refractivity contribution < 1.29 is 9.13 Å². The third-order valence-electron chi connectivity index (χ3n) is 1.88. The first-order valence-electron chi connectivity index (χ1n) is 4.74. The Balaban J connectivity index is 2.46. The van der Waals surface area contributed by atoms with Gasteiger partial charge in [-0.2, -0.15) is 0 Å². The van der Waals surface area contributed by atoms with Gasteiger partial charge >= 0.3 is 0 Å². The maximum absolute atomic E-state index is 11.8.